The van der Waals surface area contributed by atoms with Crippen LogP contribution in [-0.4, -0.2) is 29.9 Å². The SMILES string of the molecule is O=C1CCC2=C1N(CCc1ccc3c(c1)OCO3)C(=O)CC2. The maximum atomic E-state index is 12.2. The van der Waals surface area contributed by atoms with Crippen molar-refractivity contribution in [1.29, 1.82) is 0 Å². The summed E-state index contributed by atoms with van der Waals surface area (Å²) in [4.78, 5) is 25.9. The first kappa shape index (κ1) is 13.4. The third-order valence-corrected chi connectivity index (χ3v) is 4.53. The Balaban J connectivity index is 1.52. The molecule has 0 unspecified atom stereocenters. The number of fused-ring (bicyclic) bond motifs is 1. The van der Waals surface area contributed by atoms with Crippen LogP contribution >= 0.6 is 0 Å². The monoisotopic (exact) mass is 299 g/mol. The van der Waals surface area contributed by atoms with Crippen molar-refractivity contribution in [3.8, 4) is 11.5 Å². The standard InChI is InChI=1S/C17H17NO4/c19-13-4-2-12-3-6-16(20)18(17(12)13)8-7-11-1-5-14-15(9-11)22-10-21-14/h1,5,9H,2-4,6-8,10H2. The lowest BCUT2D eigenvalue weighted by Crippen LogP contribution is -2.37. The molecule has 1 aromatic carbocycles. The molecule has 1 amide bonds. The Bertz CT molecular complexity index is 692. The fourth-order valence-electron chi connectivity index (χ4n) is 3.37. The van der Waals surface area contributed by atoms with E-state index in [-0.39, 0.29) is 18.5 Å². The molecule has 0 saturated carbocycles. The number of ether oxygens (including phenoxy) is 2. The molecule has 5 nitrogen and oxygen atoms in total. The van der Waals surface area contributed by atoms with Gasteiger partial charge < -0.3 is 14.4 Å². The van der Waals surface area contributed by atoms with Crippen molar-refractivity contribution in [3.05, 3.63) is 35.0 Å². The molecule has 5 heteroatoms. The van der Waals surface area contributed by atoms with Gasteiger partial charge in [-0.2, -0.15) is 0 Å². The van der Waals surface area contributed by atoms with Gasteiger partial charge in [-0.3, -0.25) is 9.59 Å². The molecule has 0 bridgehead atoms. The minimum absolute atomic E-state index is 0.0646. The van der Waals surface area contributed by atoms with Crippen LogP contribution in [0.3, 0.4) is 0 Å². The molecule has 0 radical (unpaired) electrons. The molecular formula is C17H17NO4. The summed E-state index contributed by atoms with van der Waals surface area (Å²) < 4.78 is 10.7. The number of rotatable bonds is 3. The number of nitrogens with zero attached hydrogens (tertiary/aromatic N) is 1. The van der Waals surface area contributed by atoms with Crippen LogP contribution in [-0.2, 0) is 16.0 Å². The van der Waals surface area contributed by atoms with E-state index in [1.165, 1.54) is 0 Å². The summed E-state index contributed by atoms with van der Waals surface area (Å²) in [7, 11) is 0. The minimum atomic E-state index is 0.0646. The topological polar surface area (TPSA) is 55.8 Å². The first-order valence-electron chi connectivity index (χ1n) is 7.66. The lowest BCUT2D eigenvalue weighted by Gasteiger charge is -2.28. The smallest absolute Gasteiger partial charge is 0.231 e. The van der Waals surface area contributed by atoms with Crippen molar-refractivity contribution in [2.24, 2.45) is 0 Å². The van der Waals surface area contributed by atoms with Crippen LogP contribution < -0.4 is 9.47 Å². The molecule has 1 aromatic rings. The number of ketones is 1. The Labute approximate surface area is 128 Å². The van der Waals surface area contributed by atoms with Gasteiger partial charge in [0.1, 0.15) is 0 Å². The average molecular weight is 299 g/mol. The fourth-order valence-corrected chi connectivity index (χ4v) is 3.37. The van der Waals surface area contributed by atoms with E-state index in [0.717, 1.165) is 35.5 Å². The molecule has 2 heterocycles. The lowest BCUT2D eigenvalue weighted by molar-refractivity contribution is -0.132. The van der Waals surface area contributed by atoms with E-state index in [2.05, 4.69) is 0 Å². The summed E-state index contributed by atoms with van der Waals surface area (Å²) in [5.74, 6) is 1.69. The first-order valence-corrected chi connectivity index (χ1v) is 7.66. The molecule has 0 N–H and O–H groups in total. The predicted octanol–water partition coefficient (Wildman–Crippen LogP) is 2.20. The van der Waals surface area contributed by atoms with Gasteiger partial charge in [0, 0.05) is 19.4 Å². The van der Waals surface area contributed by atoms with Gasteiger partial charge in [-0.05, 0) is 42.5 Å². The highest BCUT2D eigenvalue weighted by atomic mass is 16.7. The molecule has 114 valence electrons. The number of benzene rings is 1. The highest BCUT2D eigenvalue weighted by Crippen LogP contribution is 2.35. The number of allylic oxidation sites excluding steroid dienone is 2. The molecule has 0 saturated heterocycles. The van der Waals surface area contributed by atoms with Gasteiger partial charge in [-0.25, -0.2) is 0 Å². The van der Waals surface area contributed by atoms with Crippen LogP contribution in [0.4, 0.5) is 0 Å². The normalized spacial score (nSPS) is 19.9. The molecule has 0 aromatic heterocycles. The van der Waals surface area contributed by atoms with E-state index >= 15 is 0 Å². The second kappa shape index (κ2) is 5.16. The highest BCUT2D eigenvalue weighted by molar-refractivity contribution is 6.03. The van der Waals surface area contributed by atoms with Gasteiger partial charge >= 0.3 is 0 Å². The average Bonchev–Trinajstić information content (AvgIpc) is 3.13. The molecule has 0 atom stereocenters. The van der Waals surface area contributed by atoms with E-state index in [0.29, 0.717) is 31.5 Å². The van der Waals surface area contributed by atoms with Gasteiger partial charge in [0.05, 0.1) is 5.70 Å². The van der Waals surface area contributed by atoms with E-state index in [9.17, 15) is 9.59 Å². The largest absolute Gasteiger partial charge is 0.454 e. The lowest BCUT2D eigenvalue weighted by atomic mass is 10.0. The fraction of sp³-hybridized carbons (Fsp3) is 0.412. The summed E-state index contributed by atoms with van der Waals surface area (Å²) in [5, 5.41) is 0. The number of carbonyl (C=O) groups is 2. The van der Waals surface area contributed by atoms with E-state index in [1.807, 2.05) is 18.2 Å². The number of carbonyl (C=O) groups excluding carboxylic acids is 2. The Kier molecular flexibility index (Phi) is 3.13. The van der Waals surface area contributed by atoms with Crippen LogP contribution in [0.5, 0.6) is 11.5 Å². The van der Waals surface area contributed by atoms with Crippen LogP contribution in [0.25, 0.3) is 0 Å². The van der Waals surface area contributed by atoms with Gasteiger partial charge in [0.15, 0.2) is 17.3 Å². The van der Waals surface area contributed by atoms with Crippen molar-refractivity contribution < 1.29 is 19.1 Å². The van der Waals surface area contributed by atoms with E-state index in [4.69, 9.17) is 9.47 Å². The van der Waals surface area contributed by atoms with E-state index in [1.54, 1.807) is 4.90 Å². The second-order valence-electron chi connectivity index (χ2n) is 5.86. The van der Waals surface area contributed by atoms with Crippen molar-refractivity contribution >= 4 is 11.7 Å². The first-order chi connectivity index (χ1) is 10.7. The van der Waals surface area contributed by atoms with Gasteiger partial charge in [-0.15, -0.1) is 0 Å². The number of Topliss-reactive ketones (excluding diaryl/α,β-unsaturated/α-hetero) is 1. The molecule has 4 rings (SSSR count). The van der Waals surface area contributed by atoms with Crippen LogP contribution in [0, 0.1) is 0 Å². The zero-order chi connectivity index (χ0) is 15.1. The minimum Gasteiger partial charge on any atom is -0.454 e. The summed E-state index contributed by atoms with van der Waals surface area (Å²) >= 11 is 0. The van der Waals surface area contributed by atoms with Crippen molar-refractivity contribution in [2.75, 3.05) is 13.3 Å². The highest BCUT2D eigenvalue weighted by Gasteiger charge is 2.34. The predicted molar refractivity (Wildman–Crippen MR) is 78.5 cm³/mol. The number of amides is 1. The maximum absolute atomic E-state index is 12.2. The Morgan fingerprint density at radius 1 is 1.00 bits per heavy atom. The van der Waals surface area contributed by atoms with Crippen LogP contribution in [0.15, 0.2) is 29.5 Å². The molecular weight excluding hydrogens is 282 g/mol. The zero-order valence-corrected chi connectivity index (χ0v) is 12.3. The quantitative estimate of drug-likeness (QED) is 0.858. The molecule has 22 heavy (non-hydrogen) atoms. The summed E-state index contributed by atoms with van der Waals surface area (Å²) in [6.07, 6.45) is 3.35. The van der Waals surface area contributed by atoms with E-state index < -0.39 is 0 Å². The molecule has 3 aliphatic rings. The second-order valence-corrected chi connectivity index (χ2v) is 5.86. The maximum Gasteiger partial charge on any atom is 0.231 e. The molecule has 0 fully saturated rings. The van der Waals surface area contributed by atoms with Crippen LogP contribution in [0.2, 0.25) is 0 Å². The zero-order valence-electron chi connectivity index (χ0n) is 12.3. The van der Waals surface area contributed by atoms with Crippen molar-refractivity contribution in [3.63, 3.8) is 0 Å². The van der Waals surface area contributed by atoms with Gasteiger partial charge in [0.2, 0.25) is 12.7 Å². The Hall–Kier alpha value is -2.30. The molecule has 2 aliphatic heterocycles. The van der Waals surface area contributed by atoms with Crippen LogP contribution in [0.1, 0.15) is 31.2 Å². The third kappa shape index (κ3) is 2.17. The summed E-state index contributed by atoms with van der Waals surface area (Å²) in [6, 6.07) is 5.82. The third-order valence-electron chi connectivity index (χ3n) is 4.53. The van der Waals surface area contributed by atoms with Gasteiger partial charge in [-0.1, -0.05) is 6.07 Å². The number of hydrogen-bond acceptors (Lipinski definition) is 4. The summed E-state index contributed by atoms with van der Waals surface area (Å²) in [5.41, 5.74) is 2.92. The summed E-state index contributed by atoms with van der Waals surface area (Å²) in [6.45, 7) is 0.803. The Morgan fingerprint density at radius 2 is 1.82 bits per heavy atom. The van der Waals surface area contributed by atoms with Crippen molar-refractivity contribution in [1.82, 2.24) is 4.90 Å². The molecule has 0 spiro atoms. The van der Waals surface area contributed by atoms with Crippen molar-refractivity contribution in [2.45, 2.75) is 32.1 Å². The Morgan fingerprint density at radius 3 is 2.73 bits per heavy atom. The van der Waals surface area contributed by atoms with Gasteiger partial charge in [0.25, 0.3) is 0 Å². The number of hydrogen-bond donors (Lipinski definition) is 0. The molecule has 1 aliphatic carbocycles.